The lowest BCUT2D eigenvalue weighted by atomic mass is 9.94. The predicted octanol–water partition coefficient (Wildman–Crippen LogP) is 1.66. The summed E-state index contributed by atoms with van der Waals surface area (Å²) >= 11 is 0. The van der Waals surface area contributed by atoms with Gasteiger partial charge in [-0.15, -0.1) is 0 Å². The predicted molar refractivity (Wildman–Crippen MR) is 77.8 cm³/mol. The maximum absolute atomic E-state index is 12.5. The van der Waals surface area contributed by atoms with Gasteiger partial charge >= 0.3 is 0 Å². The van der Waals surface area contributed by atoms with Crippen molar-refractivity contribution in [3.05, 3.63) is 0 Å². The Hall–Kier alpha value is -0.610. The molecular formula is C15H29N3O. The van der Waals surface area contributed by atoms with Gasteiger partial charge in [0, 0.05) is 12.1 Å². The number of carbonyl (C=O) groups is 1. The molecule has 2 fully saturated rings. The molecule has 0 aromatic rings. The van der Waals surface area contributed by atoms with Gasteiger partial charge in [0.15, 0.2) is 0 Å². The van der Waals surface area contributed by atoms with E-state index in [4.69, 9.17) is 0 Å². The summed E-state index contributed by atoms with van der Waals surface area (Å²) < 4.78 is 0. The van der Waals surface area contributed by atoms with Gasteiger partial charge in [-0.3, -0.25) is 10.1 Å². The van der Waals surface area contributed by atoms with Crippen LogP contribution in [0.25, 0.3) is 0 Å². The van der Waals surface area contributed by atoms with Gasteiger partial charge in [-0.2, -0.15) is 0 Å². The van der Waals surface area contributed by atoms with Crippen LogP contribution < -0.4 is 5.32 Å². The van der Waals surface area contributed by atoms with Crippen LogP contribution in [0, 0.1) is 5.92 Å². The standard InChI is InChI=1S/C15H29N3O/c1-5-12(2)13-14(19)18(11-16-13)10-15(17(3)4)8-6-7-9-15/h12-13,16H,5-11H2,1-4H3. The van der Waals surface area contributed by atoms with Crippen molar-refractivity contribution in [1.82, 2.24) is 15.1 Å². The monoisotopic (exact) mass is 267 g/mol. The fourth-order valence-electron chi connectivity index (χ4n) is 3.52. The van der Waals surface area contributed by atoms with E-state index in [0.717, 1.165) is 19.6 Å². The van der Waals surface area contributed by atoms with E-state index in [1.165, 1.54) is 25.7 Å². The number of likely N-dealkylation sites (N-methyl/N-ethyl adjacent to an activating group) is 1. The average molecular weight is 267 g/mol. The maximum Gasteiger partial charge on any atom is 0.241 e. The fraction of sp³-hybridized carbons (Fsp3) is 0.933. The van der Waals surface area contributed by atoms with Crippen LogP contribution in [-0.4, -0.2) is 54.6 Å². The summed E-state index contributed by atoms with van der Waals surface area (Å²) in [5, 5.41) is 3.40. The molecule has 1 heterocycles. The Balaban J connectivity index is 2.02. The Morgan fingerprint density at radius 2 is 2.05 bits per heavy atom. The summed E-state index contributed by atoms with van der Waals surface area (Å²) in [6, 6.07) is 0.0330. The molecule has 0 aromatic carbocycles. The van der Waals surface area contributed by atoms with Gasteiger partial charge in [-0.1, -0.05) is 33.1 Å². The number of nitrogens with zero attached hydrogens (tertiary/aromatic N) is 2. The number of hydrogen-bond acceptors (Lipinski definition) is 3. The average Bonchev–Trinajstić information content (AvgIpc) is 2.99. The number of nitrogens with one attached hydrogen (secondary N) is 1. The molecule has 2 rings (SSSR count). The third kappa shape index (κ3) is 2.79. The molecule has 2 atom stereocenters. The highest BCUT2D eigenvalue weighted by Gasteiger charge is 2.42. The summed E-state index contributed by atoms with van der Waals surface area (Å²) in [5.74, 6) is 0.735. The Morgan fingerprint density at radius 3 is 2.58 bits per heavy atom. The van der Waals surface area contributed by atoms with E-state index in [1.54, 1.807) is 0 Å². The Kier molecular flexibility index (Phi) is 4.51. The molecule has 0 aromatic heterocycles. The van der Waals surface area contributed by atoms with Crippen molar-refractivity contribution in [2.45, 2.75) is 57.5 Å². The molecule has 0 spiro atoms. The van der Waals surface area contributed by atoms with Gasteiger partial charge in [0.2, 0.25) is 5.91 Å². The lowest BCUT2D eigenvalue weighted by molar-refractivity contribution is -0.131. The van der Waals surface area contributed by atoms with Crippen molar-refractivity contribution >= 4 is 5.91 Å². The van der Waals surface area contributed by atoms with E-state index in [1.807, 2.05) is 4.90 Å². The van der Waals surface area contributed by atoms with Crippen molar-refractivity contribution in [2.75, 3.05) is 27.3 Å². The van der Waals surface area contributed by atoms with Gasteiger partial charge in [-0.05, 0) is 32.9 Å². The first-order chi connectivity index (χ1) is 9.00. The van der Waals surface area contributed by atoms with E-state index in [-0.39, 0.29) is 11.6 Å². The molecule has 1 aliphatic heterocycles. The first kappa shape index (κ1) is 14.8. The largest absolute Gasteiger partial charge is 0.327 e. The molecule has 110 valence electrons. The normalized spacial score (nSPS) is 28.4. The van der Waals surface area contributed by atoms with Crippen LogP contribution in [0.15, 0.2) is 0 Å². The lowest BCUT2D eigenvalue weighted by Gasteiger charge is -2.39. The molecule has 1 aliphatic carbocycles. The summed E-state index contributed by atoms with van der Waals surface area (Å²) in [5.41, 5.74) is 0.210. The first-order valence-corrected chi connectivity index (χ1v) is 7.70. The molecule has 1 saturated carbocycles. The molecule has 4 heteroatoms. The molecule has 2 aliphatic rings. The highest BCUT2D eigenvalue weighted by Crippen LogP contribution is 2.35. The Labute approximate surface area is 117 Å². The van der Waals surface area contributed by atoms with Crippen LogP contribution >= 0.6 is 0 Å². The quantitative estimate of drug-likeness (QED) is 0.823. The topological polar surface area (TPSA) is 35.6 Å². The molecule has 2 unspecified atom stereocenters. The summed E-state index contributed by atoms with van der Waals surface area (Å²) in [4.78, 5) is 16.9. The number of rotatable bonds is 5. The smallest absolute Gasteiger partial charge is 0.241 e. The Morgan fingerprint density at radius 1 is 1.42 bits per heavy atom. The summed E-state index contributed by atoms with van der Waals surface area (Å²) in [6.07, 6.45) is 6.08. The number of carbonyl (C=O) groups excluding carboxylic acids is 1. The maximum atomic E-state index is 12.5. The zero-order chi connectivity index (χ0) is 14.0. The molecule has 1 amide bonds. The van der Waals surface area contributed by atoms with Crippen molar-refractivity contribution in [2.24, 2.45) is 5.92 Å². The molecule has 1 N–H and O–H groups in total. The van der Waals surface area contributed by atoms with Crippen LogP contribution in [0.3, 0.4) is 0 Å². The molecule has 19 heavy (non-hydrogen) atoms. The van der Waals surface area contributed by atoms with Crippen LogP contribution in [0.4, 0.5) is 0 Å². The minimum absolute atomic E-state index is 0.0330. The number of hydrogen-bond donors (Lipinski definition) is 1. The van der Waals surface area contributed by atoms with E-state index < -0.39 is 0 Å². The second kappa shape index (κ2) is 5.80. The van der Waals surface area contributed by atoms with Crippen LogP contribution in [0.1, 0.15) is 46.0 Å². The second-order valence-electron chi connectivity index (χ2n) is 6.59. The van der Waals surface area contributed by atoms with Crippen LogP contribution in [0.5, 0.6) is 0 Å². The highest BCUT2D eigenvalue weighted by atomic mass is 16.2. The van der Waals surface area contributed by atoms with E-state index in [0.29, 0.717) is 11.8 Å². The van der Waals surface area contributed by atoms with Gasteiger partial charge in [0.1, 0.15) is 0 Å². The van der Waals surface area contributed by atoms with Gasteiger partial charge in [0.05, 0.1) is 12.7 Å². The van der Waals surface area contributed by atoms with Gasteiger partial charge in [0.25, 0.3) is 0 Å². The summed E-state index contributed by atoms with van der Waals surface area (Å²) in [7, 11) is 4.32. The molecule has 0 radical (unpaired) electrons. The highest BCUT2D eigenvalue weighted by molar-refractivity contribution is 5.84. The van der Waals surface area contributed by atoms with E-state index in [9.17, 15) is 4.79 Å². The van der Waals surface area contributed by atoms with Gasteiger partial charge < -0.3 is 9.80 Å². The minimum Gasteiger partial charge on any atom is -0.327 e. The minimum atomic E-state index is 0.0330. The number of amides is 1. The summed E-state index contributed by atoms with van der Waals surface area (Å²) in [6.45, 7) is 5.93. The molecule has 4 nitrogen and oxygen atoms in total. The van der Waals surface area contributed by atoms with Gasteiger partial charge in [-0.25, -0.2) is 0 Å². The Bertz CT molecular complexity index is 323. The van der Waals surface area contributed by atoms with Crippen molar-refractivity contribution in [3.8, 4) is 0 Å². The van der Waals surface area contributed by atoms with Crippen molar-refractivity contribution in [3.63, 3.8) is 0 Å². The third-order valence-corrected chi connectivity index (χ3v) is 5.26. The van der Waals surface area contributed by atoms with Crippen molar-refractivity contribution < 1.29 is 4.79 Å². The van der Waals surface area contributed by atoms with E-state index >= 15 is 0 Å². The molecule has 1 saturated heterocycles. The molecule has 0 bridgehead atoms. The van der Waals surface area contributed by atoms with Crippen LogP contribution in [0.2, 0.25) is 0 Å². The molecular weight excluding hydrogens is 238 g/mol. The third-order valence-electron chi connectivity index (χ3n) is 5.26. The SMILES string of the molecule is CCC(C)C1NCN(CC2(N(C)C)CCCC2)C1=O. The fourth-order valence-corrected chi connectivity index (χ4v) is 3.52. The first-order valence-electron chi connectivity index (χ1n) is 7.70. The second-order valence-corrected chi connectivity index (χ2v) is 6.59. The van der Waals surface area contributed by atoms with Crippen molar-refractivity contribution in [1.29, 1.82) is 0 Å². The lowest BCUT2D eigenvalue weighted by Crippen LogP contribution is -2.52. The zero-order valence-corrected chi connectivity index (χ0v) is 12.9. The van der Waals surface area contributed by atoms with E-state index in [2.05, 4.69) is 38.2 Å². The zero-order valence-electron chi connectivity index (χ0n) is 12.9. The van der Waals surface area contributed by atoms with Crippen LogP contribution in [-0.2, 0) is 4.79 Å².